The summed E-state index contributed by atoms with van der Waals surface area (Å²) in [7, 11) is 1.67. The Labute approximate surface area is 100 Å². The van der Waals surface area contributed by atoms with Crippen molar-refractivity contribution in [2.75, 3.05) is 12.4 Å². The van der Waals surface area contributed by atoms with Gasteiger partial charge in [0.05, 0.1) is 28.1 Å². The standard InChI is InChI=1S/C9H10ClNOS.C2H6/c1-5-11-8-7(12-2)4-3-6(10)9(8)13-5;1-2/h3-5,11H,1-2H3;1-2H3. The molecule has 0 bridgehead atoms. The number of hydrogen-bond acceptors (Lipinski definition) is 3. The van der Waals surface area contributed by atoms with E-state index in [2.05, 4.69) is 12.2 Å². The molecule has 1 aliphatic rings. The van der Waals surface area contributed by atoms with Crippen molar-refractivity contribution in [2.45, 2.75) is 31.0 Å². The quantitative estimate of drug-likeness (QED) is 0.800. The van der Waals surface area contributed by atoms with E-state index in [4.69, 9.17) is 16.3 Å². The van der Waals surface area contributed by atoms with E-state index in [1.165, 1.54) is 0 Å². The molecule has 0 fully saturated rings. The van der Waals surface area contributed by atoms with Crippen molar-refractivity contribution in [3.05, 3.63) is 17.2 Å². The topological polar surface area (TPSA) is 21.3 Å². The zero-order valence-electron chi connectivity index (χ0n) is 9.43. The van der Waals surface area contributed by atoms with Crippen LogP contribution in [0.2, 0.25) is 5.02 Å². The lowest BCUT2D eigenvalue weighted by Crippen LogP contribution is -2.03. The monoisotopic (exact) mass is 245 g/mol. The number of nitrogens with one attached hydrogen (secondary N) is 1. The molecule has 0 radical (unpaired) electrons. The fraction of sp³-hybridized carbons (Fsp3) is 0.455. The van der Waals surface area contributed by atoms with Gasteiger partial charge < -0.3 is 10.1 Å². The van der Waals surface area contributed by atoms with Gasteiger partial charge in [0, 0.05) is 0 Å². The van der Waals surface area contributed by atoms with Crippen LogP contribution in [-0.2, 0) is 0 Å². The van der Waals surface area contributed by atoms with E-state index in [9.17, 15) is 0 Å². The maximum absolute atomic E-state index is 6.05. The van der Waals surface area contributed by atoms with Crippen molar-refractivity contribution in [1.82, 2.24) is 0 Å². The molecule has 1 aromatic rings. The third-order valence-electron chi connectivity index (χ3n) is 1.93. The summed E-state index contributed by atoms with van der Waals surface area (Å²) in [5, 5.41) is 4.47. The molecule has 1 aliphatic heterocycles. The van der Waals surface area contributed by atoms with Crippen molar-refractivity contribution in [3.8, 4) is 5.75 Å². The van der Waals surface area contributed by atoms with E-state index < -0.39 is 0 Å². The number of hydrogen-bond donors (Lipinski definition) is 1. The summed E-state index contributed by atoms with van der Waals surface area (Å²) >= 11 is 7.77. The van der Waals surface area contributed by atoms with Gasteiger partial charge in [-0.05, 0) is 19.1 Å². The molecule has 1 heterocycles. The van der Waals surface area contributed by atoms with E-state index in [-0.39, 0.29) is 0 Å². The largest absolute Gasteiger partial charge is 0.495 e. The van der Waals surface area contributed by atoms with Gasteiger partial charge in [-0.3, -0.25) is 0 Å². The molecule has 0 amide bonds. The van der Waals surface area contributed by atoms with Gasteiger partial charge in [0.2, 0.25) is 0 Å². The Bertz CT molecular complexity index is 344. The number of fused-ring (bicyclic) bond motifs is 1. The van der Waals surface area contributed by atoms with Crippen LogP contribution in [0, 0.1) is 0 Å². The molecular weight excluding hydrogens is 230 g/mol. The van der Waals surface area contributed by atoms with Crippen molar-refractivity contribution in [2.24, 2.45) is 0 Å². The second kappa shape index (κ2) is 5.52. The Morgan fingerprint density at radius 3 is 2.67 bits per heavy atom. The lowest BCUT2D eigenvalue weighted by Gasteiger charge is -2.07. The van der Waals surface area contributed by atoms with Crippen LogP contribution >= 0.6 is 23.4 Å². The van der Waals surface area contributed by atoms with Crippen molar-refractivity contribution in [1.29, 1.82) is 0 Å². The zero-order valence-corrected chi connectivity index (χ0v) is 11.0. The highest BCUT2D eigenvalue weighted by Crippen LogP contribution is 2.47. The van der Waals surface area contributed by atoms with Crippen molar-refractivity contribution >= 4 is 29.1 Å². The maximum atomic E-state index is 6.05. The van der Waals surface area contributed by atoms with Gasteiger partial charge in [0.15, 0.2) is 0 Å². The van der Waals surface area contributed by atoms with Crippen LogP contribution in [-0.4, -0.2) is 12.5 Å². The second-order valence-corrected chi connectivity index (χ2v) is 4.62. The third kappa shape index (κ3) is 2.52. The molecule has 0 saturated carbocycles. The lowest BCUT2D eigenvalue weighted by atomic mass is 10.3. The molecule has 1 aromatic carbocycles. The number of thioether (sulfide) groups is 1. The Kier molecular flexibility index (Phi) is 4.61. The van der Waals surface area contributed by atoms with Gasteiger partial charge >= 0.3 is 0 Å². The summed E-state index contributed by atoms with van der Waals surface area (Å²) < 4.78 is 5.23. The maximum Gasteiger partial charge on any atom is 0.143 e. The van der Waals surface area contributed by atoms with Gasteiger partial charge in [-0.2, -0.15) is 0 Å². The molecule has 2 rings (SSSR count). The average molecular weight is 246 g/mol. The predicted molar refractivity (Wildman–Crippen MR) is 68.3 cm³/mol. The molecule has 2 nitrogen and oxygen atoms in total. The summed E-state index contributed by atoms with van der Waals surface area (Å²) in [4.78, 5) is 1.09. The Hall–Kier alpha value is -0.540. The average Bonchev–Trinajstić information content (AvgIpc) is 2.64. The minimum Gasteiger partial charge on any atom is -0.495 e. The number of benzene rings is 1. The van der Waals surface area contributed by atoms with Crippen LogP contribution in [0.3, 0.4) is 0 Å². The molecule has 1 N–H and O–H groups in total. The minimum absolute atomic E-state index is 0.365. The van der Waals surface area contributed by atoms with Crippen LogP contribution in [0.4, 0.5) is 5.69 Å². The number of methoxy groups -OCH3 is 1. The van der Waals surface area contributed by atoms with E-state index in [1.54, 1.807) is 18.9 Å². The summed E-state index contributed by atoms with van der Waals surface area (Å²) in [6, 6.07) is 3.75. The van der Waals surface area contributed by atoms with Gasteiger partial charge in [0.1, 0.15) is 5.75 Å². The van der Waals surface area contributed by atoms with Crippen LogP contribution in [0.5, 0.6) is 5.75 Å². The molecule has 15 heavy (non-hydrogen) atoms. The fourth-order valence-corrected chi connectivity index (χ4v) is 2.65. The normalized spacial score (nSPS) is 17.3. The van der Waals surface area contributed by atoms with Gasteiger partial charge in [0.25, 0.3) is 0 Å². The highest BCUT2D eigenvalue weighted by atomic mass is 35.5. The molecule has 1 unspecified atom stereocenters. The lowest BCUT2D eigenvalue weighted by molar-refractivity contribution is 0.416. The van der Waals surface area contributed by atoms with E-state index in [1.807, 2.05) is 26.0 Å². The number of rotatable bonds is 1. The first kappa shape index (κ1) is 12.5. The fourth-order valence-electron chi connectivity index (χ4n) is 1.37. The van der Waals surface area contributed by atoms with Crippen LogP contribution < -0.4 is 10.1 Å². The molecule has 84 valence electrons. The zero-order chi connectivity index (χ0) is 11.4. The Morgan fingerprint density at radius 2 is 2.07 bits per heavy atom. The first-order valence-electron chi connectivity index (χ1n) is 5.02. The van der Waals surface area contributed by atoms with Crippen LogP contribution in [0.1, 0.15) is 20.8 Å². The first-order chi connectivity index (χ1) is 7.22. The minimum atomic E-state index is 0.365. The third-order valence-corrected chi connectivity index (χ3v) is 3.49. The Balaban J connectivity index is 0.000000531. The molecule has 0 spiro atoms. The summed E-state index contributed by atoms with van der Waals surface area (Å²) in [6.07, 6.45) is 0. The smallest absolute Gasteiger partial charge is 0.143 e. The van der Waals surface area contributed by atoms with Crippen molar-refractivity contribution < 1.29 is 4.74 Å². The van der Waals surface area contributed by atoms with E-state index in [0.717, 1.165) is 21.4 Å². The van der Waals surface area contributed by atoms with Gasteiger partial charge in [-0.25, -0.2) is 0 Å². The van der Waals surface area contributed by atoms with E-state index in [0.29, 0.717) is 5.37 Å². The molecule has 0 aromatic heterocycles. The number of ether oxygens (including phenoxy) is 1. The molecule has 4 heteroatoms. The van der Waals surface area contributed by atoms with E-state index >= 15 is 0 Å². The van der Waals surface area contributed by atoms with Crippen molar-refractivity contribution in [3.63, 3.8) is 0 Å². The molecule has 0 saturated heterocycles. The van der Waals surface area contributed by atoms with Crippen LogP contribution in [0.25, 0.3) is 0 Å². The summed E-state index contributed by atoms with van der Waals surface area (Å²) in [5.74, 6) is 0.858. The SMILES string of the molecule is CC.COc1ccc(Cl)c2c1NC(C)S2. The van der Waals surface area contributed by atoms with Gasteiger partial charge in [-0.1, -0.05) is 37.2 Å². The van der Waals surface area contributed by atoms with Crippen LogP contribution in [0.15, 0.2) is 17.0 Å². The highest BCUT2D eigenvalue weighted by Gasteiger charge is 2.23. The Morgan fingerprint density at radius 1 is 1.40 bits per heavy atom. The molecule has 1 atom stereocenters. The summed E-state index contributed by atoms with van der Waals surface area (Å²) in [5.41, 5.74) is 1.02. The first-order valence-corrected chi connectivity index (χ1v) is 6.28. The second-order valence-electron chi connectivity index (χ2n) is 2.86. The predicted octanol–water partition coefficient (Wildman–Crippen LogP) is 4.24. The molecular formula is C11H16ClNOS. The van der Waals surface area contributed by atoms with Gasteiger partial charge in [-0.15, -0.1) is 0 Å². The molecule has 0 aliphatic carbocycles. The highest BCUT2D eigenvalue weighted by molar-refractivity contribution is 8.00. The number of halogens is 1. The summed E-state index contributed by atoms with van der Waals surface area (Å²) in [6.45, 7) is 6.10. The number of anilines is 1.